The van der Waals surface area contributed by atoms with Crippen LogP contribution in [0.4, 0.5) is 5.69 Å². The third-order valence-corrected chi connectivity index (χ3v) is 5.62. The van der Waals surface area contributed by atoms with Crippen LogP contribution < -0.4 is 19.7 Å². The Balaban J connectivity index is 1.72. The molecule has 2 heterocycles. The van der Waals surface area contributed by atoms with Crippen molar-refractivity contribution in [3.8, 4) is 11.5 Å². The fourth-order valence-corrected chi connectivity index (χ4v) is 4.02. The Morgan fingerprint density at radius 2 is 1.94 bits per heavy atom. The van der Waals surface area contributed by atoms with E-state index in [1.807, 2.05) is 42.5 Å². The number of nitrogens with one attached hydrogen (secondary N) is 1. The summed E-state index contributed by atoms with van der Waals surface area (Å²) in [5.41, 5.74) is 2.54. The van der Waals surface area contributed by atoms with Gasteiger partial charge in [-0.3, -0.25) is 9.79 Å². The normalized spacial score (nSPS) is 20.5. The predicted octanol–water partition coefficient (Wildman–Crippen LogP) is 1.71. The van der Waals surface area contributed by atoms with Crippen molar-refractivity contribution in [3.05, 3.63) is 53.6 Å². The summed E-state index contributed by atoms with van der Waals surface area (Å²) in [6.45, 7) is 1.86. The summed E-state index contributed by atoms with van der Waals surface area (Å²) >= 11 is 0. The van der Waals surface area contributed by atoms with Crippen LogP contribution in [0, 0.1) is 0 Å². The molecule has 0 aromatic heterocycles. The van der Waals surface area contributed by atoms with Crippen LogP contribution in [0.5, 0.6) is 11.5 Å². The summed E-state index contributed by atoms with van der Waals surface area (Å²) in [4.78, 5) is 19.4. The van der Waals surface area contributed by atoms with E-state index in [4.69, 9.17) is 14.2 Å². The van der Waals surface area contributed by atoms with Gasteiger partial charge in [-0.25, -0.2) is 0 Å². The quantitative estimate of drug-likeness (QED) is 0.657. The highest BCUT2D eigenvalue weighted by Crippen LogP contribution is 2.37. The average Bonchev–Trinajstić information content (AvgIpc) is 3.29. The SMILES string of the molecule is COCOc1ccc2c(c1)C[C@H](c1ccc(OC)cc1)[C@H](O)C(=O)N2CC1=NCCN1. The molecule has 2 atom stereocenters. The standard InChI is InChI=1S/C23H27N3O5/c1-29-14-31-18-7-8-20-16(11-18)12-19(15-3-5-17(30-2)6-4-15)22(27)23(28)26(20)13-21-24-9-10-25-21/h3-8,11,19,22,27H,9-10,12-14H2,1-2H3,(H,24,25)/t19-,22+/m1/s1. The lowest BCUT2D eigenvalue weighted by Crippen LogP contribution is -2.45. The largest absolute Gasteiger partial charge is 0.497 e. The molecule has 0 fully saturated rings. The lowest BCUT2D eigenvalue weighted by atomic mass is 9.87. The van der Waals surface area contributed by atoms with Crippen molar-refractivity contribution in [2.45, 2.75) is 18.4 Å². The number of benzene rings is 2. The molecule has 8 nitrogen and oxygen atoms in total. The number of carbonyl (C=O) groups is 1. The summed E-state index contributed by atoms with van der Waals surface area (Å²) in [6.07, 6.45) is -0.707. The number of amides is 1. The number of anilines is 1. The Morgan fingerprint density at radius 1 is 1.16 bits per heavy atom. The van der Waals surface area contributed by atoms with Crippen molar-refractivity contribution < 1.29 is 24.1 Å². The molecule has 0 aliphatic carbocycles. The number of aliphatic imine (C=N–C) groups is 1. The smallest absolute Gasteiger partial charge is 0.256 e. The first-order valence-electron chi connectivity index (χ1n) is 10.3. The summed E-state index contributed by atoms with van der Waals surface area (Å²) in [6, 6.07) is 13.0. The molecule has 164 valence electrons. The highest BCUT2D eigenvalue weighted by molar-refractivity contribution is 6.04. The first-order valence-corrected chi connectivity index (χ1v) is 10.3. The zero-order chi connectivity index (χ0) is 21.8. The van der Waals surface area contributed by atoms with Gasteiger partial charge < -0.3 is 29.5 Å². The number of methoxy groups -OCH3 is 2. The van der Waals surface area contributed by atoms with Crippen LogP contribution in [-0.4, -0.2) is 63.6 Å². The van der Waals surface area contributed by atoms with Gasteiger partial charge in [0.15, 0.2) is 6.79 Å². The minimum Gasteiger partial charge on any atom is -0.497 e. The van der Waals surface area contributed by atoms with E-state index < -0.39 is 12.0 Å². The van der Waals surface area contributed by atoms with Crippen LogP contribution in [0.15, 0.2) is 47.5 Å². The number of rotatable bonds is 7. The summed E-state index contributed by atoms with van der Waals surface area (Å²) in [5, 5.41) is 14.3. The average molecular weight is 425 g/mol. The van der Waals surface area contributed by atoms with Gasteiger partial charge in [-0.1, -0.05) is 12.1 Å². The number of nitrogens with zero attached hydrogens (tertiary/aromatic N) is 2. The minimum atomic E-state index is -1.19. The molecule has 0 bridgehead atoms. The molecule has 2 aliphatic heterocycles. The molecule has 2 aromatic rings. The molecule has 8 heteroatoms. The Labute approximate surface area is 181 Å². The number of aliphatic hydroxyl groups excluding tert-OH is 1. The molecule has 0 radical (unpaired) electrons. The maximum absolute atomic E-state index is 13.4. The van der Waals surface area contributed by atoms with Gasteiger partial charge in [0.05, 0.1) is 20.2 Å². The summed E-state index contributed by atoms with van der Waals surface area (Å²) in [5.74, 6) is 1.36. The number of hydrogen-bond acceptors (Lipinski definition) is 7. The van der Waals surface area contributed by atoms with E-state index in [2.05, 4.69) is 10.3 Å². The number of aliphatic hydroxyl groups is 1. The van der Waals surface area contributed by atoms with E-state index in [-0.39, 0.29) is 19.2 Å². The number of ether oxygens (including phenoxy) is 3. The third-order valence-electron chi connectivity index (χ3n) is 5.62. The molecular formula is C23H27N3O5. The highest BCUT2D eigenvalue weighted by Gasteiger charge is 2.37. The van der Waals surface area contributed by atoms with Crippen molar-refractivity contribution in [3.63, 3.8) is 0 Å². The van der Waals surface area contributed by atoms with E-state index >= 15 is 0 Å². The molecule has 2 N–H and O–H groups in total. The first-order chi connectivity index (χ1) is 15.1. The van der Waals surface area contributed by atoms with Gasteiger partial charge in [0, 0.05) is 25.3 Å². The van der Waals surface area contributed by atoms with Crippen LogP contribution in [0.3, 0.4) is 0 Å². The molecule has 4 rings (SSSR count). The van der Waals surface area contributed by atoms with Crippen LogP contribution in [0.1, 0.15) is 17.0 Å². The van der Waals surface area contributed by atoms with Crippen LogP contribution >= 0.6 is 0 Å². The monoisotopic (exact) mass is 425 g/mol. The maximum atomic E-state index is 13.4. The number of fused-ring (bicyclic) bond motifs is 1. The second-order valence-electron chi connectivity index (χ2n) is 7.55. The summed E-state index contributed by atoms with van der Waals surface area (Å²) in [7, 11) is 3.17. The van der Waals surface area contributed by atoms with E-state index in [0.29, 0.717) is 18.7 Å². The highest BCUT2D eigenvalue weighted by atomic mass is 16.7. The van der Waals surface area contributed by atoms with Gasteiger partial charge >= 0.3 is 0 Å². The second kappa shape index (κ2) is 9.36. The molecular weight excluding hydrogens is 398 g/mol. The summed E-state index contributed by atoms with van der Waals surface area (Å²) < 4.78 is 15.9. The van der Waals surface area contributed by atoms with Crippen LogP contribution in [-0.2, 0) is 16.0 Å². The lowest BCUT2D eigenvalue weighted by Gasteiger charge is -2.26. The topological polar surface area (TPSA) is 92.6 Å². The van der Waals surface area contributed by atoms with Crippen molar-refractivity contribution in [1.29, 1.82) is 0 Å². The zero-order valence-corrected chi connectivity index (χ0v) is 17.7. The van der Waals surface area contributed by atoms with Crippen molar-refractivity contribution in [1.82, 2.24) is 5.32 Å². The van der Waals surface area contributed by atoms with E-state index in [9.17, 15) is 9.90 Å². The van der Waals surface area contributed by atoms with Crippen molar-refractivity contribution in [2.24, 2.45) is 4.99 Å². The molecule has 0 unspecified atom stereocenters. The molecule has 0 saturated heterocycles. The maximum Gasteiger partial charge on any atom is 0.256 e. The molecule has 2 aliphatic rings. The van der Waals surface area contributed by atoms with Crippen LogP contribution in [0.25, 0.3) is 0 Å². The number of carbonyl (C=O) groups excluding carboxylic acids is 1. The molecule has 2 aromatic carbocycles. The van der Waals surface area contributed by atoms with E-state index in [0.717, 1.165) is 34.9 Å². The van der Waals surface area contributed by atoms with Crippen molar-refractivity contribution in [2.75, 3.05) is 45.5 Å². The third kappa shape index (κ3) is 4.50. The Morgan fingerprint density at radius 3 is 2.61 bits per heavy atom. The van der Waals surface area contributed by atoms with Gasteiger partial charge in [0.1, 0.15) is 23.4 Å². The minimum absolute atomic E-state index is 0.132. The molecule has 31 heavy (non-hydrogen) atoms. The van der Waals surface area contributed by atoms with Gasteiger partial charge in [-0.2, -0.15) is 0 Å². The molecule has 0 spiro atoms. The Bertz CT molecular complexity index is 960. The lowest BCUT2D eigenvalue weighted by molar-refractivity contribution is -0.127. The van der Waals surface area contributed by atoms with Gasteiger partial charge in [-0.15, -0.1) is 0 Å². The zero-order valence-electron chi connectivity index (χ0n) is 17.7. The predicted molar refractivity (Wildman–Crippen MR) is 117 cm³/mol. The van der Waals surface area contributed by atoms with Crippen LogP contribution in [0.2, 0.25) is 0 Å². The van der Waals surface area contributed by atoms with Gasteiger partial charge in [0.2, 0.25) is 0 Å². The fraction of sp³-hybridized carbons (Fsp3) is 0.391. The van der Waals surface area contributed by atoms with E-state index in [1.54, 1.807) is 19.1 Å². The number of amidine groups is 1. The fourth-order valence-electron chi connectivity index (χ4n) is 4.02. The van der Waals surface area contributed by atoms with Gasteiger partial charge in [0.25, 0.3) is 5.91 Å². The van der Waals surface area contributed by atoms with Crippen molar-refractivity contribution >= 4 is 17.4 Å². The Kier molecular flexibility index (Phi) is 6.39. The molecule has 1 amide bonds. The Hall–Kier alpha value is -3.10. The second-order valence-corrected chi connectivity index (χ2v) is 7.55. The van der Waals surface area contributed by atoms with E-state index in [1.165, 1.54) is 0 Å². The van der Waals surface area contributed by atoms with Gasteiger partial charge in [-0.05, 0) is 47.9 Å². The number of hydrogen-bond donors (Lipinski definition) is 2. The first kappa shape index (κ1) is 21.1. The molecule has 0 saturated carbocycles.